The summed E-state index contributed by atoms with van der Waals surface area (Å²) in [5.74, 6) is -0.444. The summed E-state index contributed by atoms with van der Waals surface area (Å²) in [6.07, 6.45) is 0. The third kappa shape index (κ3) is 4.45. The van der Waals surface area contributed by atoms with Crippen LogP contribution in [-0.4, -0.2) is 11.8 Å². The number of anilines is 2. The number of aryl methyl sites for hydroxylation is 2. The van der Waals surface area contributed by atoms with Gasteiger partial charge in [-0.05, 0) is 55.0 Å². The van der Waals surface area contributed by atoms with E-state index in [4.69, 9.17) is 0 Å². The van der Waals surface area contributed by atoms with Crippen molar-refractivity contribution in [1.29, 1.82) is 0 Å². The van der Waals surface area contributed by atoms with Gasteiger partial charge in [-0.25, -0.2) is 0 Å². The molecule has 0 atom stereocenters. The molecule has 2 amide bonds. The summed E-state index contributed by atoms with van der Waals surface area (Å²) in [6, 6.07) is 19.4. The Bertz CT molecular complexity index is 1240. The summed E-state index contributed by atoms with van der Waals surface area (Å²) >= 11 is 2.79. The van der Waals surface area contributed by atoms with Crippen molar-refractivity contribution in [2.45, 2.75) is 20.8 Å². The number of thiophene rings is 2. The Hall–Kier alpha value is -3.22. The molecular formula is C25H22N2O2S2. The second-order valence-electron chi connectivity index (χ2n) is 7.33. The summed E-state index contributed by atoms with van der Waals surface area (Å²) in [7, 11) is 0. The third-order valence-electron chi connectivity index (χ3n) is 5.01. The molecule has 2 aromatic carbocycles. The van der Waals surface area contributed by atoms with Gasteiger partial charge in [0.15, 0.2) is 0 Å². The van der Waals surface area contributed by atoms with Crippen molar-refractivity contribution in [3.8, 4) is 10.4 Å². The second kappa shape index (κ2) is 8.88. The van der Waals surface area contributed by atoms with Gasteiger partial charge in [0.1, 0.15) is 5.00 Å². The fourth-order valence-electron chi connectivity index (χ4n) is 3.45. The summed E-state index contributed by atoms with van der Waals surface area (Å²) in [5.41, 5.74) is 5.25. The van der Waals surface area contributed by atoms with Crippen molar-refractivity contribution in [3.63, 3.8) is 0 Å². The SMILES string of the molecule is Cc1ccc(NC(=O)c2c(NC(=O)c3cccs3)sc(-c3ccccc3)c2C)c(C)c1. The van der Waals surface area contributed by atoms with Crippen LogP contribution in [0.4, 0.5) is 10.7 Å². The Morgan fingerprint density at radius 3 is 2.29 bits per heavy atom. The molecule has 2 heterocycles. The standard InChI is InChI=1S/C25H22N2O2S2/c1-15-11-12-19(16(2)14-15)26-24(29)21-17(3)22(18-8-5-4-6-9-18)31-25(21)27-23(28)20-10-7-13-30-20/h4-14H,1-3H3,(H,26,29)(H,27,28). The monoisotopic (exact) mass is 446 g/mol. The first-order chi connectivity index (χ1) is 14.9. The van der Waals surface area contributed by atoms with Crippen LogP contribution in [0.5, 0.6) is 0 Å². The molecule has 0 bridgehead atoms. The fourth-order valence-corrected chi connectivity index (χ4v) is 5.27. The summed E-state index contributed by atoms with van der Waals surface area (Å²) < 4.78 is 0. The Balaban J connectivity index is 1.74. The van der Waals surface area contributed by atoms with Gasteiger partial charge < -0.3 is 10.6 Å². The van der Waals surface area contributed by atoms with Crippen LogP contribution >= 0.6 is 22.7 Å². The lowest BCUT2D eigenvalue weighted by molar-refractivity contribution is 0.102. The molecule has 0 fully saturated rings. The minimum Gasteiger partial charge on any atom is -0.322 e. The van der Waals surface area contributed by atoms with Crippen molar-refractivity contribution in [2.24, 2.45) is 0 Å². The molecule has 4 aromatic rings. The van der Waals surface area contributed by atoms with Crippen LogP contribution in [0, 0.1) is 20.8 Å². The number of carbonyl (C=O) groups is 2. The zero-order chi connectivity index (χ0) is 22.0. The van der Waals surface area contributed by atoms with Gasteiger partial charge in [0, 0.05) is 10.6 Å². The number of amides is 2. The lowest BCUT2D eigenvalue weighted by atomic mass is 10.1. The number of hydrogen-bond donors (Lipinski definition) is 2. The molecular weight excluding hydrogens is 424 g/mol. The summed E-state index contributed by atoms with van der Waals surface area (Å²) in [6.45, 7) is 5.92. The van der Waals surface area contributed by atoms with Gasteiger partial charge >= 0.3 is 0 Å². The molecule has 31 heavy (non-hydrogen) atoms. The molecule has 0 saturated carbocycles. The Morgan fingerprint density at radius 1 is 0.839 bits per heavy atom. The van der Waals surface area contributed by atoms with E-state index in [0.717, 1.165) is 32.8 Å². The van der Waals surface area contributed by atoms with Gasteiger partial charge in [-0.2, -0.15) is 0 Å². The van der Waals surface area contributed by atoms with Gasteiger partial charge in [-0.3, -0.25) is 9.59 Å². The number of carbonyl (C=O) groups excluding carboxylic acids is 2. The first-order valence-electron chi connectivity index (χ1n) is 9.86. The molecule has 2 aromatic heterocycles. The first-order valence-corrected chi connectivity index (χ1v) is 11.6. The second-order valence-corrected chi connectivity index (χ2v) is 9.30. The molecule has 4 nitrogen and oxygen atoms in total. The quantitative estimate of drug-likeness (QED) is 0.350. The molecule has 0 aliphatic heterocycles. The first kappa shape index (κ1) is 21.0. The van der Waals surface area contributed by atoms with Gasteiger partial charge in [0.25, 0.3) is 11.8 Å². The summed E-state index contributed by atoms with van der Waals surface area (Å²) in [5, 5.41) is 8.40. The zero-order valence-electron chi connectivity index (χ0n) is 17.5. The molecule has 0 aliphatic rings. The maximum absolute atomic E-state index is 13.4. The molecule has 0 saturated heterocycles. The molecule has 2 N–H and O–H groups in total. The van der Waals surface area contributed by atoms with E-state index in [1.165, 1.54) is 22.7 Å². The van der Waals surface area contributed by atoms with E-state index in [-0.39, 0.29) is 11.8 Å². The highest BCUT2D eigenvalue weighted by molar-refractivity contribution is 7.20. The number of benzene rings is 2. The smallest absolute Gasteiger partial charge is 0.266 e. The molecule has 0 spiro atoms. The Kier molecular flexibility index (Phi) is 6.02. The zero-order valence-corrected chi connectivity index (χ0v) is 19.1. The highest BCUT2D eigenvalue weighted by atomic mass is 32.1. The number of hydrogen-bond acceptors (Lipinski definition) is 4. The van der Waals surface area contributed by atoms with Crippen LogP contribution in [0.1, 0.15) is 36.7 Å². The van der Waals surface area contributed by atoms with Gasteiger partial charge in [0.2, 0.25) is 0 Å². The predicted octanol–water partition coefficient (Wildman–Crippen LogP) is 6.91. The molecule has 0 radical (unpaired) electrons. The van der Waals surface area contributed by atoms with E-state index in [0.29, 0.717) is 15.4 Å². The lowest BCUT2D eigenvalue weighted by Gasteiger charge is -2.11. The van der Waals surface area contributed by atoms with Gasteiger partial charge in [0.05, 0.1) is 10.4 Å². The highest BCUT2D eigenvalue weighted by Gasteiger charge is 2.24. The van der Waals surface area contributed by atoms with Crippen LogP contribution in [-0.2, 0) is 0 Å². The minimum atomic E-state index is -0.232. The van der Waals surface area contributed by atoms with Crippen LogP contribution in [0.3, 0.4) is 0 Å². The average molecular weight is 447 g/mol. The molecule has 6 heteroatoms. The third-order valence-corrected chi connectivity index (χ3v) is 7.14. The van der Waals surface area contributed by atoms with E-state index in [1.807, 2.05) is 80.7 Å². The Morgan fingerprint density at radius 2 is 1.61 bits per heavy atom. The van der Waals surface area contributed by atoms with Crippen molar-refractivity contribution < 1.29 is 9.59 Å². The maximum atomic E-state index is 13.4. The minimum absolute atomic E-state index is 0.212. The largest absolute Gasteiger partial charge is 0.322 e. The van der Waals surface area contributed by atoms with E-state index < -0.39 is 0 Å². The van der Waals surface area contributed by atoms with E-state index in [2.05, 4.69) is 10.6 Å². The van der Waals surface area contributed by atoms with Gasteiger partial charge in [-0.1, -0.05) is 54.1 Å². The van der Waals surface area contributed by atoms with E-state index in [9.17, 15) is 9.59 Å². The molecule has 0 aliphatic carbocycles. The van der Waals surface area contributed by atoms with Crippen LogP contribution in [0.2, 0.25) is 0 Å². The number of rotatable bonds is 5. The normalized spacial score (nSPS) is 10.7. The van der Waals surface area contributed by atoms with Crippen molar-refractivity contribution in [3.05, 3.63) is 93.2 Å². The molecule has 0 unspecified atom stereocenters. The Labute approximate surface area is 189 Å². The fraction of sp³-hybridized carbons (Fsp3) is 0.120. The van der Waals surface area contributed by atoms with Crippen LogP contribution in [0.25, 0.3) is 10.4 Å². The maximum Gasteiger partial charge on any atom is 0.266 e. The lowest BCUT2D eigenvalue weighted by Crippen LogP contribution is -2.17. The highest BCUT2D eigenvalue weighted by Crippen LogP contribution is 2.40. The number of nitrogens with one attached hydrogen (secondary N) is 2. The predicted molar refractivity (Wildman–Crippen MR) is 131 cm³/mol. The van der Waals surface area contributed by atoms with E-state index in [1.54, 1.807) is 6.07 Å². The molecule has 4 rings (SSSR count). The average Bonchev–Trinajstić information content (AvgIpc) is 3.39. The topological polar surface area (TPSA) is 58.2 Å². The van der Waals surface area contributed by atoms with Gasteiger partial charge in [-0.15, -0.1) is 22.7 Å². The van der Waals surface area contributed by atoms with Crippen molar-refractivity contribution >= 4 is 45.2 Å². The van der Waals surface area contributed by atoms with Crippen LogP contribution < -0.4 is 10.6 Å². The van der Waals surface area contributed by atoms with Crippen LogP contribution in [0.15, 0.2) is 66.0 Å². The van der Waals surface area contributed by atoms with E-state index >= 15 is 0 Å². The van der Waals surface area contributed by atoms with Crippen molar-refractivity contribution in [1.82, 2.24) is 0 Å². The van der Waals surface area contributed by atoms with Crippen molar-refractivity contribution in [2.75, 3.05) is 10.6 Å². The molecule has 156 valence electrons. The summed E-state index contributed by atoms with van der Waals surface area (Å²) in [4.78, 5) is 27.7.